The van der Waals surface area contributed by atoms with E-state index in [4.69, 9.17) is 0 Å². The Kier molecular flexibility index (Phi) is 3.72. The molecule has 94 valence electrons. The fourth-order valence-corrected chi connectivity index (χ4v) is 1.47. The van der Waals surface area contributed by atoms with Crippen molar-refractivity contribution in [1.82, 2.24) is 19.9 Å². The van der Waals surface area contributed by atoms with Gasteiger partial charge >= 0.3 is 0 Å². The number of carbonyl (C=O) groups is 1. The molecule has 2 aromatic heterocycles. The third-order valence-electron chi connectivity index (χ3n) is 2.45. The molecule has 0 bridgehead atoms. The molecule has 0 fully saturated rings. The van der Waals surface area contributed by atoms with Gasteiger partial charge in [-0.3, -0.25) is 9.36 Å². The highest BCUT2D eigenvalue weighted by molar-refractivity contribution is 5.93. The van der Waals surface area contributed by atoms with Gasteiger partial charge in [-0.1, -0.05) is 13.8 Å². The molecule has 0 aromatic carbocycles. The second-order valence-corrected chi connectivity index (χ2v) is 4.48. The Morgan fingerprint density at radius 1 is 1.44 bits per heavy atom. The van der Waals surface area contributed by atoms with E-state index in [1.54, 1.807) is 41.6 Å². The number of carbonyl (C=O) groups excluding carboxylic acids is 1. The second kappa shape index (κ2) is 5.44. The van der Waals surface area contributed by atoms with Crippen LogP contribution in [-0.2, 0) is 0 Å². The number of imidazole rings is 1. The van der Waals surface area contributed by atoms with Gasteiger partial charge in [0.1, 0.15) is 12.1 Å². The minimum Gasteiger partial charge on any atom is -0.352 e. The van der Waals surface area contributed by atoms with Crippen molar-refractivity contribution in [3.63, 3.8) is 0 Å². The highest BCUT2D eigenvalue weighted by atomic mass is 16.1. The van der Waals surface area contributed by atoms with Crippen LogP contribution >= 0.6 is 0 Å². The van der Waals surface area contributed by atoms with E-state index in [-0.39, 0.29) is 5.91 Å². The average Bonchev–Trinajstić information content (AvgIpc) is 2.90. The molecule has 0 saturated carbocycles. The SMILES string of the molecule is CC(C)CNC(=O)c1ccc(-n2ccnc2)nc1. The molecule has 5 nitrogen and oxygen atoms in total. The van der Waals surface area contributed by atoms with Crippen LogP contribution in [-0.4, -0.2) is 27.0 Å². The maximum absolute atomic E-state index is 11.8. The quantitative estimate of drug-likeness (QED) is 0.889. The van der Waals surface area contributed by atoms with Crippen LogP contribution in [0.5, 0.6) is 0 Å². The summed E-state index contributed by atoms with van der Waals surface area (Å²) in [5.41, 5.74) is 0.569. The fraction of sp³-hybridized carbons (Fsp3) is 0.308. The van der Waals surface area contributed by atoms with Gasteiger partial charge in [0.25, 0.3) is 5.91 Å². The van der Waals surface area contributed by atoms with Crippen molar-refractivity contribution in [1.29, 1.82) is 0 Å². The van der Waals surface area contributed by atoms with Gasteiger partial charge in [-0.2, -0.15) is 0 Å². The first-order chi connectivity index (χ1) is 8.66. The summed E-state index contributed by atoms with van der Waals surface area (Å²) in [6.45, 7) is 4.78. The van der Waals surface area contributed by atoms with Crippen molar-refractivity contribution in [2.75, 3.05) is 6.54 Å². The Hall–Kier alpha value is -2.17. The van der Waals surface area contributed by atoms with Crippen molar-refractivity contribution in [3.8, 4) is 5.82 Å². The summed E-state index contributed by atoms with van der Waals surface area (Å²) >= 11 is 0. The highest BCUT2D eigenvalue weighted by Crippen LogP contribution is 2.05. The molecule has 1 N–H and O–H groups in total. The molecule has 0 aliphatic rings. The Morgan fingerprint density at radius 2 is 2.28 bits per heavy atom. The van der Waals surface area contributed by atoms with Crippen LogP contribution in [0.4, 0.5) is 0 Å². The first kappa shape index (κ1) is 12.3. The van der Waals surface area contributed by atoms with E-state index >= 15 is 0 Å². The minimum absolute atomic E-state index is 0.0895. The number of nitrogens with zero attached hydrogens (tertiary/aromatic N) is 3. The summed E-state index contributed by atoms with van der Waals surface area (Å²) in [5, 5.41) is 2.85. The molecule has 0 saturated heterocycles. The van der Waals surface area contributed by atoms with Crippen LogP contribution in [0.2, 0.25) is 0 Å². The largest absolute Gasteiger partial charge is 0.352 e. The lowest BCUT2D eigenvalue weighted by atomic mass is 10.2. The van der Waals surface area contributed by atoms with Gasteiger partial charge in [0.2, 0.25) is 0 Å². The van der Waals surface area contributed by atoms with Gasteiger partial charge in [-0.05, 0) is 18.1 Å². The average molecular weight is 244 g/mol. The third kappa shape index (κ3) is 2.94. The predicted molar refractivity (Wildman–Crippen MR) is 68.5 cm³/mol. The summed E-state index contributed by atoms with van der Waals surface area (Å²) in [7, 11) is 0. The van der Waals surface area contributed by atoms with Crippen LogP contribution in [0.3, 0.4) is 0 Å². The number of pyridine rings is 1. The van der Waals surface area contributed by atoms with Gasteiger partial charge in [-0.25, -0.2) is 9.97 Å². The van der Waals surface area contributed by atoms with Crippen LogP contribution in [0.15, 0.2) is 37.1 Å². The number of rotatable bonds is 4. The molecule has 18 heavy (non-hydrogen) atoms. The fourth-order valence-electron chi connectivity index (χ4n) is 1.47. The summed E-state index contributed by atoms with van der Waals surface area (Å²) in [4.78, 5) is 20.0. The van der Waals surface area contributed by atoms with Gasteiger partial charge < -0.3 is 5.32 Å². The van der Waals surface area contributed by atoms with Gasteiger partial charge in [0.05, 0.1) is 5.56 Å². The summed E-state index contributed by atoms with van der Waals surface area (Å²) in [6.07, 6.45) is 6.73. The molecule has 0 atom stereocenters. The number of hydrogen-bond donors (Lipinski definition) is 1. The third-order valence-corrected chi connectivity index (χ3v) is 2.45. The Balaban J connectivity index is 2.06. The zero-order valence-corrected chi connectivity index (χ0v) is 10.5. The maximum Gasteiger partial charge on any atom is 0.252 e. The van der Waals surface area contributed by atoms with Gasteiger partial charge in [0.15, 0.2) is 0 Å². The van der Waals surface area contributed by atoms with Gasteiger partial charge in [-0.15, -0.1) is 0 Å². The van der Waals surface area contributed by atoms with Crippen molar-refractivity contribution in [3.05, 3.63) is 42.6 Å². The number of aromatic nitrogens is 3. The van der Waals surface area contributed by atoms with E-state index in [0.717, 1.165) is 5.82 Å². The highest BCUT2D eigenvalue weighted by Gasteiger charge is 2.06. The van der Waals surface area contributed by atoms with Crippen molar-refractivity contribution >= 4 is 5.91 Å². The lowest BCUT2D eigenvalue weighted by molar-refractivity contribution is 0.0948. The van der Waals surface area contributed by atoms with E-state index in [2.05, 4.69) is 29.1 Å². The molecule has 0 radical (unpaired) electrons. The molecule has 2 heterocycles. The van der Waals surface area contributed by atoms with Crippen molar-refractivity contribution in [2.24, 2.45) is 5.92 Å². The first-order valence-corrected chi connectivity index (χ1v) is 5.89. The van der Waals surface area contributed by atoms with E-state index in [9.17, 15) is 4.79 Å². The summed E-state index contributed by atoms with van der Waals surface area (Å²) in [5.74, 6) is 1.09. The molecular weight excluding hydrogens is 228 g/mol. The van der Waals surface area contributed by atoms with E-state index in [1.165, 1.54) is 0 Å². The monoisotopic (exact) mass is 244 g/mol. The molecular formula is C13H16N4O. The summed E-state index contributed by atoms with van der Waals surface area (Å²) in [6, 6.07) is 3.56. The molecule has 2 aromatic rings. The van der Waals surface area contributed by atoms with E-state index < -0.39 is 0 Å². The summed E-state index contributed by atoms with van der Waals surface area (Å²) < 4.78 is 1.79. The van der Waals surface area contributed by atoms with Crippen molar-refractivity contribution in [2.45, 2.75) is 13.8 Å². The topological polar surface area (TPSA) is 59.8 Å². The lowest BCUT2D eigenvalue weighted by Gasteiger charge is -2.07. The van der Waals surface area contributed by atoms with Crippen LogP contribution in [0.1, 0.15) is 24.2 Å². The number of amides is 1. The van der Waals surface area contributed by atoms with Crippen LogP contribution < -0.4 is 5.32 Å². The molecule has 2 rings (SSSR count). The smallest absolute Gasteiger partial charge is 0.252 e. The normalized spacial score (nSPS) is 10.6. The molecule has 5 heteroatoms. The van der Waals surface area contributed by atoms with E-state index in [1.807, 2.05) is 0 Å². The lowest BCUT2D eigenvalue weighted by Crippen LogP contribution is -2.27. The zero-order chi connectivity index (χ0) is 13.0. The first-order valence-electron chi connectivity index (χ1n) is 5.89. The standard InChI is InChI=1S/C13H16N4O/c1-10(2)7-16-13(18)11-3-4-12(15-8-11)17-6-5-14-9-17/h3-6,8-10H,7H2,1-2H3,(H,16,18). The Morgan fingerprint density at radius 3 is 2.83 bits per heavy atom. The zero-order valence-electron chi connectivity index (χ0n) is 10.5. The van der Waals surface area contributed by atoms with Crippen molar-refractivity contribution < 1.29 is 4.79 Å². The minimum atomic E-state index is -0.0895. The molecule has 0 spiro atoms. The number of hydrogen-bond acceptors (Lipinski definition) is 3. The molecule has 0 unspecified atom stereocenters. The predicted octanol–water partition coefficient (Wildman–Crippen LogP) is 1.65. The Bertz CT molecular complexity index is 502. The molecule has 0 aliphatic carbocycles. The Labute approximate surface area is 106 Å². The molecule has 0 aliphatic heterocycles. The van der Waals surface area contributed by atoms with E-state index in [0.29, 0.717) is 18.0 Å². The second-order valence-electron chi connectivity index (χ2n) is 4.48. The van der Waals surface area contributed by atoms with Gasteiger partial charge in [0, 0.05) is 25.1 Å². The number of nitrogens with one attached hydrogen (secondary N) is 1. The van der Waals surface area contributed by atoms with Crippen LogP contribution in [0.25, 0.3) is 5.82 Å². The molecule has 1 amide bonds. The maximum atomic E-state index is 11.8. The van der Waals surface area contributed by atoms with Crippen LogP contribution in [0, 0.1) is 5.92 Å².